The number of carboxylic acid groups (broad SMARTS) is 1. The molecular weight excluding hydrogens is 203 g/mol. The maximum atomic E-state index is 12.5. The molecule has 1 N–H and O–H groups in total. The van der Waals surface area contributed by atoms with E-state index in [4.69, 9.17) is 5.11 Å². The standard InChI is InChI=1S/C7H4F3NO3/c8-3-1-4(6(12)13)5(11-2-3)14-7(9)10/h1-2,7H,(H,12,13). The van der Waals surface area contributed by atoms with Crippen LogP contribution in [0.5, 0.6) is 5.88 Å². The van der Waals surface area contributed by atoms with Crippen LogP contribution in [-0.4, -0.2) is 22.7 Å². The zero-order valence-electron chi connectivity index (χ0n) is 6.58. The lowest BCUT2D eigenvalue weighted by Crippen LogP contribution is -2.09. The second kappa shape index (κ2) is 3.95. The summed E-state index contributed by atoms with van der Waals surface area (Å²) in [6.45, 7) is -3.20. The van der Waals surface area contributed by atoms with E-state index in [0.717, 1.165) is 0 Å². The number of pyridine rings is 1. The third kappa shape index (κ3) is 2.35. The van der Waals surface area contributed by atoms with Crippen molar-refractivity contribution in [3.63, 3.8) is 0 Å². The van der Waals surface area contributed by atoms with Crippen LogP contribution in [0.15, 0.2) is 12.3 Å². The molecular formula is C7H4F3NO3. The highest BCUT2D eigenvalue weighted by molar-refractivity contribution is 5.90. The number of nitrogens with zero attached hydrogens (tertiary/aromatic N) is 1. The molecule has 1 rings (SSSR count). The van der Waals surface area contributed by atoms with E-state index in [2.05, 4.69) is 9.72 Å². The minimum atomic E-state index is -3.20. The third-order valence-electron chi connectivity index (χ3n) is 1.25. The number of carbonyl (C=O) groups is 1. The Balaban J connectivity index is 3.08. The van der Waals surface area contributed by atoms with Crippen LogP contribution in [0.4, 0.5) is 13.2 Å². The van der Waals surface area contributed by atoms with Crippen molar-refractivity contribution in [3.05, 3.63) is 23.6 Å². The highest BCUT2D eigenvalue weighted by Gasteiger charge is 2.17. The summed E-state index contributed by atoms with van der Waals surface area (Å²) in [5.41, 5.74) is -0.745. The highest BCUT2D eigenvalue weighted by atomic mass is 19.3. The molecule has 0 amide bonds. The van der Waals surface area contributed by atoms with E-state index < -0.39 is 29.8 Å². The molecule has 0 spiro atoms. The van der Waals surface area contributed by atoms with E-state index in [1.165, 1.54) is 0 Å². The Hall–Kier alpha value is -1.79. The van der Waals surface area contributed by atoms with Gasteiger partial charge in [0.05, 0.1) is 6.20 Å². The summed E-state index contributed by atoms with van der Waals surface area (Å²) in [4.78, 5) is 13.5. The maximum absolute atomic E-state index is 12.5. The second-order valence-corrected chi connectivity index (χ2v) is 2.19. The molecule has 0 radical (unpaired) electrons. The molecule has 4 nitrogen and oxygen atoms in total. The van der Waals surface area contributed by atoms with E-state index >= 15 is 0 Å². The van der Waals surface area contributed by atoms with E-state index in [1.54, 1.807) is 0 Å². The first-order chi connectivity index (χ1) is 6.50. The van der Waals surface area contributed by atoms with Crippen molar-refractivity contribution in [2.45, 2.75) is 6.61 Å². The fraction of sp³-hybridized carbons (Fsp3) is 0.143. The zero-order valence-corrected chi connectivity index (χ0v) is 6.58. The molecule has 0 aliphatic heterocycles. The predicted octanol–water partition coefficient (Wildman–Crippen LogP) is 1.52. The highest BCUT2D eigenvalue weighted by Crippen LogP contribution is 2.18. The number of aromatic carboxylic acids is 1. The molecule has 1 aromatic heterocycles. The molecule has 0 saturated carbocycles. The van der Waals surface area contributed by atoms with Crippen molar-refractivity contribution in [2.24, 2.45) is 0 Å². The van der Waals surface area contributed by atoms with Crippen LogP contribution in [0.3, 0.4) is 0 Å². The molecule has 76 valence electrons. The number of alkyl halides is 2. The van der Waals surface area contributed by atoms with Gasteiger partial charge in [0.1, 0.15) is 11.4 Å². The van der Waals surface area contributed by atoms with Gasteiger partial charge >= 0.3 is 12.6 Å². The number of carboxylic acids is 1. The van der Waals surface area contributed by atoms with Crippen molar-refractivity contribution in [2.75, 3.05) is 0 Å². The van der Waals surface area contributed by atoms with Gasteiger partial charge in [0.25, 0.3) is 0 Å². The number of ether oxygens (including phenoxy) is 1. The molecule has 0 aromatic carbocycles. The molecule has 1 heterocycles. The molecule has 0 saturated heterocycles. The Morgan fingerprint density at radius 1 is 1.57 bits per heavy atom. The van der Waals surface area contributed by atoms with Gasteiger partial charge in [-0.05, 0) is 6.07 Å². The summed E-state index contributed by atoms with van der Waals surface area (Å²) in [5.74, 6) is -3.34. The molecule has 7 heteroatoms. The fourth-order valence-corrected chi connectivity index (χ4v) is 0.758. The van der Waals surface area contributed by atoms with Crippen LogP contribution in [0.25, 0.3) is 0 Å². The van der Waals surface area contributed by atoms with Crippen molar-refractivity contribution in [1.29, 1.82) is 0 Å². The first-order valence-corrected chi connectivity index (χ1v) is 3.34. The number of aromatic nitrogens is 1. The summed E-state index contributed by atoms with van der Waals surface area (Å²) < 4.78 is 39.7. The molecule has 0 aliphatic rings. The first kappa shape index (κ1) is 10.3. The zero-order chi connectivity index (χ0) is 10.7. The lowest BCUT2D eigenvalue weighted by atomic mass is 10.3. The van der Waals surface area contributed by atoms with Crippen molar-refractivity contribution in [1.82, 2.24) is 4.98 Å². The Morgan fingerprint density at radius 3 is 2.71 bits per heavy atom. The van der Waals surface area contributed by atoms with Crippen LogP contribution >= 0.6 is 0 Å². The van der Waals surface area contributed by atoms with Crippen LogP contribution in [0, 0.1) is 5.82 Å². The van der Waals surface area contributed by atoms with Gasteiger partial charge in [-0.2, -0.15) is 8.78 Å². The lowest BCUT2D eigenvalue weighted by molar-refractivity contribution is -0.0534. The second-order valence-electron chi connectivity index (χ2n) is 2.19. The van der Waals surface area contributed by atoms with Crippen LogP contribution < -0.4 is 4.74 Å². The van der Waals surface area contributed by atoms with Crippen LogP contribution in [0.2, 0.25) is 0 Å². The largest absolute Gasteiger partial charge is 0.477 e. The van der Waals surface area contributed by atoms with E-state index in [0.29, 0.717) is 12.3 Å². The Bertz CT molecular complexity index is 356. The van der Waals surface area contributed by atoms with E-state index in [1.807, 2.05) is 0 Å². The van der Waals surface area contributed by atoms with Crippen molar-refractivity contribution >= 4 is 5.97 Å². The normalized spacial score (nSPS) is 10.3. The summed E-state index contributed by atoms with van der Waals surface area (Å²) in [6.07, 6.45) is 0.587. The SMILES string of the molecule is O=C(O)c1cc(F)cnc1OC(F)F. The monoisotopic (exact) mass is 207 g/mol. The number of hydrogen-bond donors (Lipinski definition) is 1. The smallest absolute Gasteiger partial charge is 0.388 e. The predicted molar refractivity (Wildman–Crippen MR) is 37.8 cm³/mol. The maximum Gasteiger partial charge on any atom is 0.388 e. The van der Waals surface area contributed by atoms with Crippen LogP contribution in [0.1, 0.15) is 10.4 Å². The van der Waals surface area contributed by atoms with Gasteiger partial charge in [-0.25, -0.2) is 14.2 Å². The molecule has 0 atom stereocenters. The number of rotatable bonds is 3. The van der Waals surface area contributed by atoms with E-state index in [9.17, 15) is 18.0 Å². The average Bonchev–Trinajstić information content (AvgIpc) is 2.07. The van der Waals surface area contributed by atoms with Gasteiger partial charge in [0, 0.05) is 0 Å². The minimum absolute atomic E-state index is 0.549. The average molecular weight is 207 g/mol. The molecule has 1 aromatic rings. The minimum Gasteiger partial charge on any atom is -0.477 e. The Kier molecular flexibility index (Phi) is 2.90. The quantitative estimate of drug-likeness (QED) is 0.816. The van der Waals surface area contributed by atoms with Gasteiger partial charge < -0.3 is 9.84 Å². The molecule has 14 heavy (non-hydrogen) atoms. The molecule has 0 aliphatic carbocycles. The van der Waals surface area contributed by atoms with Gasteiger partial charge in [0.2, 0.25) is 5.88 Å². The topological polar surface area (TPSA) is 59.4 Å². The fourth-order valence-electron chi connectivity index (χ4n) is 0.758. The van der Waals surface area contributed by atoms with Gasteiger partial charge in [-0.3, -0.25) is 0 Å². The lowest BCUT2D eigenvalue weighted by Gasteiger charge is -2.05. The van der Waals surface area contributed by atoms with Crippen LogP contribution in [-0.2, 0) is 0 Å². The molecule has 0 bridgehead atoms. The summed E-state index contributed by atoms with van der Waals surface area (Å²) in [6, 6.07) is 0.549. The molecule has 0 unspecified atom stereocenters. The third-order valence-corrected chi connectivity index (χ3v) is 1.25. The van der Waals surface area contributed by atoms with Gasteiger partial charge in [-0.15, -0.1) is 0 Å². The number of halogens is 3. The summed E-state index contributed by atoms with van der Waals surface area (Å²) in [7, 11) is 0. The van der Waals surface area contributed by atoms with Gasteiger partial charge in [-0.1, -0.05) is 0 Å². The summed E-state index contributed by atoms with van der Waals surface area (Å²) >= 11 is 0. The van der Waals surface area contributed by atoms with Gasteiger partial charge in [0.15, 0.2) is 0 Å². The summed E-state index contributed by atoms with van der Waals surface area (Å²) in [5, 5.41) is 8.47. The molecule has 0 fully saturated rings. The van der Waals surface area contributed by atoms with E-state index in [-0.39, 0.29) is 0 Å². The first-order valence-electron chi connectivity index (χ1n) is 3.34. The van der Waals surface area contributed by atoms with Crippen molar-refractivity contribution < 1.29 is 27.8 Å². The number of hydrogen-bond acceptors (Lipinski definition) is 3. The van der Waals surface area contributed by atoms with Crippen molar-refractivity contribution in [3.8, 4) is 5.88 Å². The Labute approximate surface area is 75.9 Å². The Morgan fingerprint density at radius 2 is 2.21 bits per heavy atom.